The second-order valence-corrected chi connectivity index (χ2v) is 7.58. The molecule has 0 aliphatic carbocycles. The third kappa shape index (κ3) is 5.60. The van der Waals surface area contributed by atoms with Gasteiger partial charge < -0.3 is 19.9 Å². The lowest BCUT2D eigenvalue weighted by molar-refractivity contribution is 0.327. The Labute approximate surface area is 179 Å². The van der Waals surface area contributed by atoms with Gasteiger partial charge in [0.2, 0.25) is 5.95 Å². The van der Waals surface area contributed by atoms with Crippen molar-refractivity contribution >= 4 is 28.4 Å². The van der Waals surface area contributed by atoms with E-state index in [1.54, 1.807) is 7.11 Å². The van der Waals surface area contributed by atoms with Crippen molar-refractivity contribution in [3.8, 4) is 5.75 Å². The van der Waals surface area contributed by atoms with Crippen LogP contribution in [0.4, 0.5) is 17.5 Å². The fraction of sp³-hybridized carbons (Fsp3) is 0.417. The molecule has 0 fully saturated rings. The number of benzene rings is 2. The van der Waals surface area contributed by atoms with Gasteiger partial charge in [-0.25, -0.2) is 4.98 Å². The number of nitrogens with zero attached hydrogens (tertiary/aromatic N) is 4. The predicted octanol–water partition coefficient (Wildman–Crippen LogP) is 4.94. The summed E-state index contributed by atoms with van der Waals surface area (Å²) in [4.78, 5) is 14.0. The third-order valence-electron chi connectivity index (χ3n) is 5.25. The number of methoxy groups -OCH3 is 1. The van der Waals surface area contributed by atoms with Crippen LogP contribution < -0.4 is 15.0 Å². The molecule has 1 N–H and O–H groups in total. The van der Waals surface area contributed by atoms with Gasteiger partial charge in [0.1, 0.15) is 11.6 Å². The van der Waals surface area contributed by atoms with Crippen molar-refractivity contribution in [1.29, 1.82) is 0 Å². The van der Waals surface area contributed by atoms with Crippen LogP contribution in [0.25, 0.3) is 10.9 Å². The van der Waals surface area contributed by atoms with Crippen LogP contribution in [-0.4, -0.2) is 55.7 Å². The molecule has 6 nitrogen and oxygen atoms in total. The maximum absolute atomic E-state index is 5.28. The SMILES string of the molecule is CCCCN(C)CCCNc1nc(N(C)c2ccc(OC)cc2)c2ccccc2n1. The number of hydrogen-bond donors (Lipinski definition) is 1. The fourth-order valence-corrected chi connectivity index (χ4v) is 3.41. The minimum absolute atomic E-state index is 0.667. The molecule has 0 saturated carbocycles. The zero-order valence-corrected chi connectivity index (χ0v) is 18.6. The Kier molecular flexibility index (Phi) is 7.85. The van der Waals surface area contributed by atoms with E-state index in [-0.39, 0.29) is 0 Å². The summed E-state index contributed by atoms with van der Waals surface area (Å²) in [7, 11) is 5.89. The lowest BCUT2D eigenvalue weighted by atomic mass is 10.2. The van der Waals surface area contributed by atoms with E-state index in [2.05, 4.69) is 35.2 Å². The van der Waals surface area contributed by atoms with Gasteiger partial charge in [-0.1, -0.05) is 25.5 Å². The highest BCUT2D eigenvalue weighted by atomic mass is 16.5. The van der Waals surface area contributed by atoms with Crippen molar-refractivity contribution in [2.45, 2.75) is 26.2 Å². The van der Waals surface area contributed by atoms with Crippen molar-refractivity contribution in [1.82, 2.24) is 14.9 Å². The summed E-state index contributed by atoms with van der Waals surface area (Å²) in [5, 5.41) is 4.45. The minimum atomic E-state index is 0.667. The van der Waals surface area contributed by atoms with E-state index in [0.717, 1.165) is 54.2 Å². The Hall–Kier alpha value is -2.86. The average Bonchev–Trinajstić information content (AvgIpc) is 2.79. The van der Waals surface area contributed by atoms with Crippen LogP contribution >= 0.6 is 0 Å². The van der Waals surface area contributed by atoms with Crippen LogP contribution in [0.15, 0.2) is 48.5 Å². The monoisotopic (exact) mass is 407 g/mol. The second-order valence-electron chi connectivity index (χ2n) is 7.58. The summed E-state index contributed by atoms with van der Waals surface area (Å²) >= 11 is 0. The van der Waals surface area contributed by atoms with Gasteiger partial charge in [-0.2, -0.15) is 4.98 Å². The van der Waals surface area contributed by atoms with E-state index in [0.29, 0.717) is 5.95 Å². The summed E-state index contributed by atoms with van der Waals surface area (Å²) in [6.45, 7) is 5.30. The predicted molar refractivity (Wildman–Crippen MR) is 126 cm³/mol. The highest BCUT2D eigenvalue weighted by Gasteiger charge is 2.13. The molecule has 0 unspecified atom stereocenters. The molecule has 30 heavy (non-hydrogen) atoms. The third-order valence-corrected chi connectivity index (χ3v) is 5.25. The molecule has 0 atom stereocenters. The van der Waals surface area contributed by atoms with E-state index < -0.39 is 0 Å². The van der Waals surface area contributed by atoms with Gasteiger partial charge in [-0.05, 0) is 69.4 Å². The molecule has 3 aromatic rings. The first-order valence-corrected chi connectivity index (χ1v) is 10.7. The van der Waals surface area contributed by atoms with Gasteiger partial charge in [0, 0.05) is 24.7 Å². The second kappa shape index (κ2) is 10.8. The van der Waals surface area contributed by atoms with Crippen LogP contribution in [0, 0.1) is 0 Å². The summed E-state index contributed by atoms with van der Waals surface area (Å²) in [6, 6.07) is 16.1. The minimum Gasteiger partial charge on any atom is -0.497 e. The highest BCUT2D eigenvalue weighted by molar-refractivity contribution is 5.92. The molecule has 160 valence electrons. The number of nitrogens with one attached hydrogen (secondary N) is 1. The number of anilines is 3. The average molecular weight is 408 g/mol. The Morgan fingerprint density at radius 2 is 1.67 bits per heavy atom. The van der Waals surface area contributed by atoms with Crippen molar-refractivity contribution < 1.29 is 4.74 Å². The first kappa shape index (κ1) is 21.8. The molecule has 6 heteroatoms. The first-order chi connectivity index (χ1) is 14.6. The zero-order valence-electron chi connectivity index (χ0n) is 18.6. The number of hydrogen-bond acceptors (Lipinski definition) is 6. The van der Waals surface area contributed by atoms with Crippen LogP contribution in [0.5, 0.6) is 5.75 Å². The van der Waals surface area contributed by atoms with Gasteiger partial charge >= 0.3 is 0 Å². The summed E-state index contributed by atoms with van der Waals surface area (Å²) in [5.74, 6) is 2.39. The maximum atomic E-state index is 5.28. The Bertz CT molecular complexity index is 929. The molecule has 1 aromatic heterocycles. The van der Waals surface area contributed by atoms with E-state index >= 15 is 0 Å². The zero-order chi connectivity index (χ0) is 21.3. The van der Waals surface area contributed by atoms with Gasteiger partial charge in [0.25, 0.3) is 0 Å². The highest BCUT2D eigenvalue weighted by Crippen LogP contribution is 2.30. The van der Waals surface area contributed by atoms with Gasteiger partial charge in [-0.15, -0.1) is 0 Å². The molecular formula is C24H33N5O. The van der Waals surface area contributed by atoms with Crippen LogP contribution in [0.1, 0.15) is 26.2 Å². The Balaban J connectivity index is 1.75. The van der Waals surface area contributed by atoms with Crippen LogP contribution in [0.3, 0.4) is 0 Å². The van der Waals surface area contributed by atoms with Crippen molar-refractivity contribution in [3.63, 3.8) is 0 Å². The molecule has 0 saturated heterocycles. The molecular weight excluding hydrogens is 374 g/mol. The van der Waals surface area contributed by atoms with Crippen molar-refractivity contribution in [2.75, 3.05) is 51.1 Å². The van der Waals surface area contributed by atoms with Crippen molar-refractivity contribution in [3.05, 3.63) is 48.5 Å². The number of fused-ring (bicyclic) bond motifs is 1. The molecule has 0 amide bonds. The number of unbranched alkanes of at least 4 members (excludes halogenated alkanes) is 1. The van der Waals surface area contributed by atoms with E-state index in [1.165, 1.54) is 12.8 Å². The summed E-state index contributed by atoms with van der Waals surface area (Å²) < 4.78 is 5.28. The van der Waals surface area contributed by atoms with E-state index in [1.807, 2.05) is 49.5 Å². The molecule has 0 aliphatic rings. The van der Waals surface area contributed by atoms with Crippen LogP contribution in [0.2, 0.25) is 0 Å². The normalized spacial score (nSPS) is 11.1. The van der Waals surface area contributed by atoms with Gasteiger partial charge in [0.05, 0.1) is 12.6 Å². The van der Waals surface area contributed by atoms with Crippen molar-refractivity contribution in [2.24, 2.45) is 0 Å². The number of rotatable bonds is 11. The molecule has 1 heterocycles. The lowest BCUT2D eigenvalue weighted by Gasteiger charge is -2.21. The summed E-state index contributed by atoms with van der Waals surface area (Å²) in [6.07, 6.45) is 3.54. The number of aromatic nitrogens is 2. The Morgan fingerprint density at radius 3 is 2.40 bits per heavy atom. The molecule has 0 spiro atoms. The standard InChI is InChI=1S/C24H33N5O/c1-5-6-17-28(2)18-9-16-25-24-26-22-11-8-7-10-21(22)23(27-24)29(3)19-12-14-20(30-4)15-13-19/h7-8,10-15H,5-6,9,16-18H2,1-4H3,(H,25,26,27). The number of ether oxygens (including phenoxy) is 1. The molecule has 0 aliphatic heterocycles. The quantitative estimate of drug-likeness (QED) is 0.454. The summed E-state index contributed by atoms with van der Waals surface area (Å²) in [5.41, 5.74) is 1.98. The van der Waals surface area contributed by atoms with Crippen LogP contribution in [-0.2, 0) is 0 Å². The molecule has 3 rings (SSSR count). The molecule has 2 aromatic carbocycles. The first-order valence-electron chi connectivity index (χ1n) is 10.7. The fourth-order valence-electron chi connectivity index (χ4n) is 3.41. The topological polar surface area (TPSA) is 53.5 Å². The van der Waals surface area contributed by atoms with Gasteiger partial charge in [0.15, 0.2) is 0 Å². The Morgan fingerprint density at radius 1 is 0.933 bits per heavy atom. The molecule has 0 radical (unpaired) electrons. The van der Waals surface area contributed by atoms with E-state index in [9.17, 15) is 0 Å². The van der Waals surface area contributed by atoms with E-state index in [4.69, 9.17) is 14.7 Å². The largest absolute Gasteiger partial charge is 0.497 e. The maximum Gasteiger partial charge on any atom is 0.225 e. The lowest BCUT2D eigenvalue weighted by Crippen LogP contribution is -2.23. The number of para-hydroxylation sites is 1. The smallest absolute Gasteiger partial charge is 0.225 e. The molecule has 0 bridgehead atoms. The van der Waals surface area contributed by atoms with Gasteiger partial charge in [-0.3, -0.25) is 0 Å².